The molecular formula is C12H26N2O. The van der Waals surface area contributed by atoms with Crippen LogP contribution in [0.2, 0.25) is 0 Å². The Morgan fingerprint density at radius 1 is 1.53 bits per heavy atom. The van der Waals surface area contributed by atoms with Gasteiger partial charge in [0.05, 0.1) is 5.60 Å². The van der Waals surface area contributed by atoms with Crippen LogP contribution in [0.25, 0.3) is 0 Å². The van der Waals surface area contributed by atoms with Crippen LogP contribution in [0, 0.1) is 0 Å². The number of ether oxygens (including phenoxy) is 1. The second-order valence-corrected chi connectivity index (χ2v) is 5.48. The molecule has 15 heavy (non-hydrogen) atoms. The minimum atomic E-state index is -0.0169. The largest absolute Gasteiger partial charge is 0.379 e. The highest BCUT2D eigenvalue weighted by Crippen LogP contribution is 2.16. The molecule has 0 aromatic rings. The van der Waals surface area contributed by atoms with Gasteiger partial charge in [0.15, 0.2) is 0 Å². The van der Waals surface area contributed by atoms with Gasteiger partial charge in [-0.3, -0.25) is 0 Å². The van der Waals surface area contributed by atoms with Gasteiger partial charge in [0, 0.05) is 25.7 Å². The van der Waals surface area contributed by atoms with Crippen molar-refractivity contribution < 1.29 is 4.74 Å². The number of likely N-dealkylation sites (tertiary alicyclic amines) is 1. The van der Waals surface area contributed by atoms with Crippen LogP contribution in [0.3, 0.4) is 0 Å². The quantitative estimate of drug-likeness (QED) is 0.750. The first-order valence-corrected chi connectivity index (χ1v) is 5.93. The van der Waals surface area contributed by atoms with E-state index in [0.717, 1.165) is 6.42 Å². The van der Waals surface area contributed by atoms with Gasteiger partial charge in [-0.2, -0.15) is 0 Å². The fourth-order valence-electron chi connectivity index (χ4n) is 2.35. The topological polar surface area (TPSA) is 24.5 Å². The molecule has 0 amide bonds. The summed E-state index contributed by atoms with van der Waals surface area (Å²) < 4.78 is 5.44. The molecule has 0 radical (unpaired) electrons. The van der Waals surface area contributed by atoms with E-state index in [1.54, 1.807) is 7.11 Å². The van der Waals surface area contributed by atoms with Crippen molar-refractivity contribution in [2.24, 2.45) is 0 Å². The number of nitrogens with one attached hydrogen (secondary N) is 1. The van der Waals surface area contributed by atoms with E-state index < -0.39 is 0 Å². The summed E-state index contributed by atoms with van der Waals surface area (Å²) >= 11 is 0. The molecule has 90 valence electrons. The number of hydrogen-bond acceptors (Lipinski definition) is 3. The molecule has 0 bridgehead atoms. The molecule has 0 aromatic heterocycles. The van der Waals surface area contributed by atoms with Crippen molar-refractivity contribution in [3.05, 3.63) is 0 Å². The van der Waals surface area contributed by atoms with E-state index in [4.69, 9.17) is 4.74 Å². The lowest BCUT2D eigenvalue weighted by Crippen LogP contribution is -2.42. The number of nitrogens with zero attached hydrogens (tertiary/aromatic N) is 1. The highest BCUT2D eigenvalue weighted by Gasteiger charge is 2.24. The van der Waals surface area contributed by atoms with Crippen LogP contribution in [-0.4, -0.2) is 49.8 Å². The minimum Gasteiger partial charge on any atom is -0.379 e. The number of rotatable bonds is 5. The zero-order valence-electron chi connectivity index (χ0n) is 10.8. The molecular weight excluding hydrogens is 188 g/mol. The average Bonchev–Trinajstić information content (AvgIpc) is 2.50. The van der Waals surface area contributed by atoms with Gasteiger partial charge in [-0.25, -0.2) is 0 Å². The highest BCUT2D eigenvalue weighted by atomic mass is 16.5. The Labute approximate surface area is 94.2 Å². The van der Waals surface area contributed by atoms with E-state index in [1.165, 1.54) is 19.5 Å². The lowest BCUT2D eigenvalue weighted by molar-refractivity contribution is 0.00779. The van der Waals surface area contributed by atoms with Gasteiger partial charge in [0.1, 0.15) is 0 Å². The monoisotopic (exact) mass is 214 g/mol. The molecule has 1 aliphatic rings. The van der Waals surface area contributed by atoms with Gasteiger partial charge in [0.2, 0.25) is 0 Å². The van der Waals surface area contributed by atoms with Crippen LogP contribution in [-0.2, 0) is 4.74 Å². The van der Waals surface area contributed by atoms with E-state index in [2.05, 4.69) is 38.0 Å². The van der Waals surface area contributed by atoms with Crippen molar-refractivity contribution in [2.75, 3.05) is 27.2 Å². The maximum atomic E-state index is 5.44. The molecule has 3 heteroatoms. The van der Waals surface area contributed by atoms with Gasteiger partial charge >= 0.3 is 0 Å². The van der Waals surface area contributed by atoms with E-state index in [0.29, 0.717) is 12.1 Å². The van der Waals surface area contributed by atoms with Crippen molar-refractivity contribution >= 4 is 0 Å². The van der Waals surface area contributed by atoms with Crippen molar-refractivity contribution in [1.29, 1.82) is 0 Å². The summed E-state index contributed by atoms with van der Waals surface area (Å²) in [6, 6.07) is 1.19. The van der Waals surface area contributed by atoms with E-state index >= 15 is 0 Å². The Bertz CT molecular complexity index is 194. The Morgan fingerprint density at radius 3 is 2.67 bits per heavy atom. The first-order valence-electron chi connectivity index (χ1n) is 5.93. The maximum Gasteiger partial charge on any atom is 0.0637 e. The molecule has 0 saturated carbocycles. The fraction of sp³-hybridized carbons (Fsp3) is 1.00. The summed E-state index contributed by atoms with van der Waals surface area (Å²) in [5, 5.41) is 3.68. The van der Waals surface area contributed by atoms with Crippen LogP contribution >= 0.6 is 0 Å². The molecule has 1 aliphatic heterocycles. The average molecular weight is 214 g/mol. The third kappa shape index (κ3) is 4.49. The molecule has 2 atom stereocenters. The summed E-state index contributed by atoms with van der Waals surface area (Å²) in [5.74, 6) is 0. The number of hydrogen-bond donors (Lipinski definition) is 1. The smallest absolute Gasteiger partial charge is 0.0637 e. The lowest BCUT2D eigenvalue weighted by Gasteiger charge is -2.28. The zero-order valence-corrected chi connectivity index (χ0v) is 10.8. The molecule has 1 heterocycles. The van der Waals surface area contributed by atoms with E-state index in [9.17, 15) is 0 Å². The Balaban J connectivity index is 2.27. The maximum absolute atomic E-state index is 5.44. The van der Waals surface area contributed by atoms with E-state index in [1.807, 2.05) is 0 Å². The Kier molecular flexibility index (Phi) is 4.56. The Morgan fingerprint density at radius 2 is 2.20 bits per heavy atom. The van der Waals surface area contributed by atoms with Crippen molar-refractivity contribution in [1.82, 2.24) is 10.2 Å². The second kappa shape index (κ2) is 5.28. The number of methoxy groups -OCH3 is 1. The lowest BCUT2D eigenvalue weighted by atomic mass is 9.99. The summed E-state index contributed by atoms with van der Waals surface area (Å²) in [7, 11) is 3.97. The SMILES string of the molecule is COC(C)(C)C[C@@H](C)N[C@@H]1CCN(C)C1. The van der Waals surface area contributed by atoms with Crippen LogP contribution in [0.1, 0.15) is 33.6 Å². The normalized spacial score (nSPS) is 25.8. The fourth-order valence-corrected chi connectivity index (χ4v) is 2.35. The van der Waals surface area contributed by atoms with Crippen LogP contribution in [0.15, 0.2) is 0 Å². The molecule has 1 N–H and O–H groups in total. The summed E-state index contributed by atoms with van der Waals surface area (Å²) in [6.45, 7) is 8.94. The molecule has 1 fully saturated rings. The first kappa shape index (κ1) is 12.9. The van der Waals surface area contributed by atoms with Crippen molar-refractivity contribution in [2.45, 2.75) is 51.3 Å². The van der Waals surface area contributed by atoms with Gasteiger partial charge in [-0.05, 0) is 47.2 Å². The first-order chi connectivity index (χ1) is 6.93. The summed E-state index contributed by atoms with van der Waals surface area (Å²) in [6.07, 6.45) is 2.33. The van der Waals surface area contributed by atoms with Crippen LogP contribution < -0.4 is 5.32 Å². The molecule has 0 unspecified atom stereocenters. The third-order valence-corrected chi connectivity index (χ3v) is 3.26. The summed E-state index contributed by atoms with van der Waals surface area (Å²) in [5.41, 5.74) is -0.0169. The molecule has 0 aromatic carbocycles. The molecule has 0 spiro atoms. The predicted octanol–water partition coefficient (Wildman–Crippen LogP) is 1.48. The van der Waals surface area contributed by atoms with Crippen LogP contribution in [0.4, 0.5) is 0 Å². The molecule has 0 aliphatic carbocycles. The second-order valence-electron chi connectivity index (χ2n) is 5.48. The minimum absolute atomic E-state index is 0.0169. The zero-order chi connectivity index (χ0) is 11.5. The van der Waals surface area contributed by atoms with Gasteiger partial charge in [-0.1, -0.05) is 0 Å². The predicted molar refractivity (Wildman–Crippen MR) is 64.2 cm³/mol. The van der Waals surface area contributed by atoms with Crippen molar-refractivity contribution in [3.8, 4) is 0 Å². The third-order valence-electron chi connectivity index (χ3n) is 3.26. The summed E-state index contributed by atoms with van der Waals surface area (Å²) in [4.78, 5) is 2.38. The van der Waals surface area contributed by atoms with Gasteiger partial charge in [-0.15, -0.1) is 0 Å². The molecule has 3 nitrogen and oxygen atoms in total. The van der Waals surface area contributed by atoms with Crippen molar-refractivity contribution in [3.63, 3.8) is 0 Å². The van der Waals surface area contributed by atoms with Crippen LogP contribution in [0.5, 0.6) is 0 Å². The molecule has 1 saturated heterocycles. The standard InChI is InChI=1S/C12H26N2O/c1-10(8-12(2,3)15-5)13-11-6-7-14(4)9-11/h10-11,13H,6-9H2,1-5H3/t10-,11-/m1/s1. The van der Waals surface area contributed by atoms with E-state index in [-0.39, 0.29) is 5.60 Å². The number of likely N-dealkylation sites (N-methyl/N-ethyl adjacent to an activating group) is 1. The van der Waals surface area contributed by atoms with Gasteiger partial charge < -0.3 is 15.0 Å². The molecule has 1 rings (SSSR count). The highest BCUT2D eigenvalue weighted by molar-refractivity contribution is 4.83. The van der Waals surface area contributed by atoms with Gasteiger partial charge in [0.25, 0.3) is 0 Å². The Hall–Kier alpha value is -0.120.